The maximum absolute atomic E-state index is 13.7. The van der Waals surface area contributed by atoms with Crippen molar-refractivity contribution in [3.05, 3.63) is 69.8 Å². The van der Waals surface area contributed by atoms with Crippen molar-refractivity contribution in [3.63, 3.8) is 0 Å². The van der Waals surface area contributed by atoms with Crippen LogP contribution in [0.3, 0.4) is 0 Å². The Morgan fingerprint density at radius 2 is 1.97 bits per heavy atom. The lowest BCUT2D eigenvalue weighted by atomic mass is 9.91. The van der Waals surface area contributed by atoms with E-state index in [0.717, 1.165) is 53.3 Å². The Morgan fingerprint density at radius 3 is 2.77 bits per heavy atom. The molecule has 0 N–H and O–H groups in total. The van der Waals surface area contributed by atoms with Crippen molar-refractivity contribution in [2.24, 2.45) is 0 Å². The minimum atomic E-state index is -0.270. The Morgan fingerprint density at radius 1 is 1.13 bits per heavy atom. The first-order chi connectivity index (χ1) is 14.6. The van der Waals surface area contributed by atoms with Crippen molar-refractivity contribution in [1.82, 2.24) is 9.88 Å². The van der Waals surface area contributed by atoms with Crippen LogP contribution in [-0.2, 0) is 6.42 Å². The second kappa shape index (κ2) is 7.84. The number of hydrogen-bond donors (Lipinski definition) is 0. The van der Waals surface area contributed by atoms with Gasteiger partial charge in [-0.25, -0.2) is 9.37 Å². The summed E-state index contributed by atoms with van der Waals surface area (Å²) in [6, 6.07) is 12.7. The third kappa shape index (κ3) is 3.49. The van der Waals surface area contributed by atoms with Crippen LogP contribution in [0.2, 0.25) is 0 Å². The van der Waals surface area contributed by atoms with Crippen molar-refractivity contribution in [1.29, 1.82) is 0 Å². The standard InChI is InChI=1S/C24H23FN2O2S/c1-29-20-9-4-15(5-10-20)22-14-30-23(26-22)17-3-8-19-7-2-16-12-18(25)6-11-21(16)24(28)27(19)13-17/h4-6,9-12,14,17,19H,2-3,7-8,13H2,1H3/t17-,19+/m0/s1. The molecule has 0 unspecified atom stereocenters. The summed E-state index contributed by atoms with van der Waals surface area (Å²) in [4.78, 5) is 20.1. The number of fused-ring (bicyclic) bond motifs is 2. The molecule has 4 nitrogen and oxygen atoms in total. The second-order valence-electron chi connectivity index (χ2n) is 8.03. The molecule has 5 rings (SSSR count). The number of benzene rings is 2. The van der Waals surface area contributed by atoms with E-state index < -0.39 is 0 Å². The lowest BCUT2D eigenvalue weighted by Crippen LogP contribution is -2.45. The van der Waals surface area contributed by atoms with Crippen LogP contribution < -0.4 is 4.74 Å². The predicted molar refractivity (Wildman–Crippen MR) is 116 cm³/mol. The van der Waals surface area contributed by atoms with Gasteiger partial charge in [-0.3, -0.25) is 4.79 Å². The van der Waals surface area contributed by atoms with Crippen LogP contribution in [0, 0.1) is 5.82 Å². The highest BCUT2D eigenvalue weighted by atomic mass is 32.1. The number of aryl methyl sites for hydroxylation is 1. The summed E-state index contributed by atoms with van der Waals surface area (Å²) in [6.45, 7) is 0.676. The Balaban J connectivity index is 1.37. The second-order valence-corrected chi connectivity index (χ2v) is 8.91. The molecule has 3 heterocycles. The van der Waals surface area contributed by atoms with Crippen molar-refractivity contribution in [2.45, 2.75) is 37.6 Å². The number of carbonyl (C=O) groups is 1. The Hall–Kier alpha value is -2.73. The van der Waals surface area contributed by atoms with E-state index in [4.69, 9.17) is 9.72 Å². The van der Waals surface area contributed by atoms with Gasteiger partial charge in [-0.15, -0.1) is 11.3 Å². The van der Waals surface area contributed by atoms with Crippen LogP contribution in [0.5, 0.6) is 5.75 Å². The van der Waals surface area contributed by atoms with Gasteiger partial charge in [0, 0.05) is 35.0 Å². The number of piperidine rings is 1. The zero-order valence-electron chi connectivity index (χ0n) is 16.8. The van der Waals surface area contributed by atoms with E-state index in [9.17, 15) is 9.18 Å². The molecule has 2 atom stereocenters. The van der Waals surface area contributed by atoms with Gasteiger partial charge in [0.1, 0.15) is 11.6 Å². The van der Waals surface area contributed by atoms with E-state index >= 15 is 0 Å². The predicted octanol–water partition coefficient (Wildman–Crippen LogP) is 5.29. The molecule has 2 aliphatic heterocycles. The van der Waals surface area contributed by atoms with Crippen molar-refractivity contribution in [3.8, 4) is 17.0 Å². The molecule has 6 heteroatoms. The molecule has 0 radical (unpaired) electrons. The normalized spacial score (nSPS) is 21.0. The quantitative estimate of drug-likeness (QED) is 0.576. The summed E-state index contributed by atoms with van der Waals surface area (Å²) in [5.74, 6) is 0.828. The smallest absolute Gasteiger partial charge is 0.254 e. The zero-order chi connectivity index (χ0) is 20.7. The van der Waals surface area contributed by atoms with Gasteiger partial charge < -0.3 is 9.64 Å². The van der Waals surface area contributed by atoms with Crippen LogP contribution in [0.25, 0.3) is 11.3 Å². The summed E-state index contributed by atoms with van der Waals surface area (Å²) in [6.07, 6.45) is 3.63. The number of thiazole rings is 1. The molecule has 2 aliphatic rings. The highest BCUT2D eigenvalue weighted by Gasteiger charge is 2.36. The number of halogens is 1. The first kappa shape index (κ1) is 19.2. The van der Waals surface area contributed by atoms with E-state index in [-0.39, 0.29) is 23.7 Å². The zero-order valence-corrected chi connectivity index (χ0v) is 17.6. The number of nitrogens with zero attached hydrogens (tertiary/aromatic N) is 2. The molecule has 154 valence electrons. The van der Waals surface area contributed by atoms with Gasteiger partial charge in [-0.1, -0.05) is 0 Å². The Labute approximate surface area is 179 Å². The van der Waals surface area contributed by atoms with Gasteiger partial charge in [0.15, 0.2) is 0 Å². The molecule has 30 heavy (non-hydrogen) atoms. The fourth-order valence-electron chi connectivity index (χ4n) is 4.60. The summed E-state index contributed by atoms with van der Waals surface area (Å²) in [5, 5.41) is 3.17. The number of methoxy groups -OCH3 is 1. The third-order valence-corrected chi connectivity index (χ3v) is 7.28. The van der Waals surface area contributed by atoms with Crippen molar-refractivity contribution >= 4 is 17.2 Å². The summed E-state index contributed by atoms with van der Waals surface area (Å²) in [5.41, 5.74) is 3.51. The summed E-state index contributed by atoms with van der Waals surface area (Å²) < 4.78 is 18.9. The molecular formula is C24H23FN2O2S. The van der Waals surface area contributed by atoms with Crippen LogP contribution >= 0.6 is 11.3 Å². The lowest BCUT2D eigenvalue weighted by molar-refractivity contribution is 0.0588. The molecule has 3 aromatic rings. The lowest BCUT2D eigenvalue weighted by Gasteiger charge is -2.38. The first-order valence-electron chi connectivity index (χ1n) is 10.3. The fourth-order valence-corrected chi connectivity index (χ4v) is 5.56. The van der Waals surface area contributed by atoms with E-state index in [1.54, 1.807) is 24.5 Å². The van der Waals surface area contributed by atoms with Crippen LogP contribution in [0.1, 0.15) is 46.1 Å². The minimum absolute atomic E-state index is 0.0316. The van der Waals surface area contributed by atoms with E-state index in [0.29, 0.717) is 12.1 Å². The largest absolute Gasteiger partial charge is 0.497 e. The molecule has 1 fully saturated rings. The van der Waals surface area contributed by atoms with Gasteiger partial charge in [-0.05, 0) is 73.7 Å². The highest BCUT2D eigenvalue weighted by Crippen LogP contribution is 2.37. The van der Waals surface area contributed by atoms with Gasteiger partial charge in [0.05, 0.1) is 17.8 Å². The van der Waals surface area contributed by atoms with E-state index in [2.05, 4.69) is 5.38 Å². The van der Waals surface area contributed by atoms with Gasteiger partial charge in [-0.2, -0.15) is 0 Å². The minimum Gasteiger partial charge on any atom is -0.497 e. The summed E-state index contributed by atoms with van der Waals surface area (Å²) in [7, 11) is 1.66. The Bertz CT molecular complexity index is 1080. The number of carbonyl (C=O) groups excluding carboxylic acids is 1. The van der Waals surface area contributed by atoms with Crippen LogP contribution in [0.4, 0.5) is 4.39 Å². The molecule has 1 aromatic heterocycles. The molecule has 0 bridgehead atoms. The van der Waals surface area contributed by atoms with Crippen molar-refractivity contribution in [2.75, 3.05) is 13.7 Å². The van der Waals surface area contributed by atoms with Gasteiger partial charge >= 0.3 is 0 Å². The average molecular weight is 423 g/mol. The number of hydrogen-bond acceptors (Lipinski definition) is 4. The molecule has 1 saturated heterocycles. The van der Waals surface area contributed by atoms with E-state index in [1.807, 2.05) is 29.2 Å². The monoisotopic (exact) mass is 422 g/mol. The molecule has 1 amide bonds. The average Bonchev–Trinajstić information content (AvgIpc) is 3.23. The first-order valence-corrected chi connectivity index (χ1v) is 11.2. The number of rotatable bonds is 3. The number of aromatic nitrogens is 1. The molecule has 2 aromatic carbocycles. The van der Waals surface area contributed by atoms with E-state index in [1.165, 1.54) is 12.1 Å². The molecule has 0 saturated carbocycles. The molecule has 0 spiro atoms. The topological polar surface area (TPSA) is 42.4 Å². The third-order valence-electron chi connectivity index (χ3n) is 6.27. The van der Waals surface area contributed by atoms with Gasteiger partial charge in [0.25, 0.3) is 5.91 Å². The number of ether oxygens (including phenoxy) is 1. The maximum Gasteiger partial charge on any atom is 0.254 e. The SMILES string of the molecule is COc1ccc(-c2csc([C@H]3CC[C@H]4CCc5cc(F)ccc5C(=O)N4C3)n2)cc1. The van der Waals surface area contributed by atoms with Gasteiger partial charge in [0.2, 0.25) is 0 Å². The van der Waals surface area contributed by atoms with Crippen molar-refractivity contribution < 1.29 is 13.9 Å². The summed E-state index contributed by atoms with van der Waals surface area (Å²) >= 11 is 1.66. The maximum atomic E-state index is 13.7. The molecular weight excluding hydrogens is 399 g/mol. The highest BCUT2D eigenvalue weighted by molar-refractivity contribution is 7.10. The number of amides is 1. The Kier molecular flexibility index (Phi) is 5.03. The fraction of sp³-hybridized carbons (Fsp3) is 0.333. The van der Waals surface area contributed by atoms with Crippen LogP contribution in [0.15, 0.2) is 47.8 Å². The molecule has 0 aliphatic carbocycles. The van der Waals surface area contributed by atoms with Crippen LogP contribution in [-0.4, -0.2) is 35.5 Å².